The number of carbonyl (C=O) groups is 1. The van der Waals surface area contributed by atoms with Gasteiger partial charge in [-0.1, -0.05) is 0 Å². The van der Waals surface area contributed by atoms with Crippen LogP contribution in [0, 0.1) is 0 Å². The zero-order valence-electron chi connectivity index (χ0n) is 12.5. The first-order chi connectivity index (χ1) is 11.3. The Hall–Kier alpha value is -3.22. The Morgan fingerprint density at radius 2 is 2.09 bits per heavy atom. The van der Waals surface area contributed by atoms with Crippen molar-refractivity contribution >= 4 is 11.6 Å². The van der Waals surface area contributed by atoms with E-state index in [-0.39, 0.29) is 5.91 Å². The lowest BCUT2D eigenvalue weighted by Crippen LogP contribution is -2.14. The van der Waals surface area contributed by atoms with Gasteiger partial charge in [-0.15, -0.1) is 0 Å². The number of aromatic nitrogens is 4. The molecule has 0 aliphatic carbocycles. The topological polar surface area (TPSA) is 81.9 Å². The third-order valence-electron chi connectivity index (χ3n) is 3.11. The summed E-state index contributed by atoms with van der Waals surface area (Å²) >= 11 is 0. The molecule has 7 nitrogen and oxygen atoms in total. The predicted octanol–water partition coefficient (Wildman–Crippen LogP) is 2.31. The molecule has 7 heteroatoms. The standard InChI is InChI=1S/C16H15N5O2/c1-2-23-16-14(4-3-9-18-16)15(22)20-12-5-7-13(8-6-12)21-11-17-10-19-21/h3-11H,2H2,1H3,(H,20,22). The summed E-state index contributed by atoms with van der Waals surface area (Å²) in [7, 11) is 0. The normalized spacial score (nSPS) is 10.3. The molecule has 2 aromatic heterocycles. The molecular formula is C16H15N5O2. The summed E-state index contributed by atoms with van der Waals surface area (Å²) < 4.78 is 7.01. The van der Waals surface area contributed by atoms with E-state index in [0.717, 1.165) is 5.69 Å². The van der Waals surface area contributed by atoms with E-state index in [9.17, 15) is 4.79 Å². The fraction of sp³-hybridized carbons (Fsp3) is 0.125. The lowest BCUT2D eigenvalue weighted by atomic mass is 10.2. The van der Waals surface area contributed by atoms with Crippen molar-refractivity contribution in [1.29, 1.82) is 0 Å². The van der Waals surface area contributed by atoms with Crippen molar-refractivity contribution in [3.63, 3.8) is 0 Å². The first-order valence-electron chi connectivity index (χ1n) is 7.12. The summed E-state index contributed by atoms with van der Waals surface area (Å²) in [6.07, 6.45) is 4.67. The summed E-state index contributed by atoms with van der Waals surface area (Å²) in [5.41, 5.74) is 1.93. The number of rotatable bonds is 5. The van der Waals surface area contributed by atoms with Gasteiger partial charge in [0.05, 0.1) is 12.3 Å². The number of benzene rings is 1. The number of pyridine rings is 1. The van der Waals surface area contributed by atoms with Gasteiger partial charge in [-0.25, -0.2) is 14.6 Å². The highest BCUT2D eigenvalue weighted by Crippen LogP contribution is 2.18. The maximum absolute atomic E-state index is 12.4. The predicted molar refractivity (Wildman–Crippen MR) is 84.7 cm³/mol. The molecule has 23 heavy (non-hydrogen) atoms. The second-order valence-electron chi connectivity index (χ2n) is 4.63. The summed E-state index contributed by atoms with van der Waals surface area (Å²) in [6.45, 7) is 2.29. The molecule has 0 aliphatic rings. The minimum absolute atomic E-state index is 0.268. The van der Waals surface area contributed by atoms with Gasteiger partial charge >= 0.3 is 0 Å². The van der Waals surface area contributed by atoms with Gasteiger partial charge in [0, 0.05) is 11.9 Å². The smallest absolute Gasteiger partial charge is 0.261 e. The van der Waals surface area contributed by atoms with Crippen LogP contribution in [0.4, 0.5) is 5.69 Å². The summed E-state index contributed by atoms with van der Waals surface area (Å²) in [5, 5.41) is 6.88. The Balaban J connectivity index is 1.75. The minimum Gasteiger partial charge on any atom is -0.477 e. The molecule has 2 heterocycles. The highest BCUT2D eigenvalue weighted by molar-refractivity contribution is 6.05. The van der Waals surface area contributed by atoms with E-state index < -0.39 is 0 Å². The monoisotopic (exact) mass is 309 g/mol. The van der Waals surface area contributed by atoms with Crippen molar-refractivity contribution < 1.29 is 9.53 Å². The molecular weight excluding hydrogens is 294 g/mol. The van der Waals surface area contributed by atoms with Gasteiger partial charge in [-0.05, 0) is 43.3 Å². The molecule has 0 radical (unpaired) electrons. The molecule has 0 saturated heterocycles. The number of carbonyl (C=O) groups excluding carboxylic acids is 1. The zero-order valence-corrected chi connectivity index (χ0v) is 12.5. The van der Waals surface area contributed by atoms with Crippen LogP contribution in [-0.2, 0) is 0 Å². The number of nitrogens with one attached hydrogen (secondary N) is 1. The molecule has 3 aromatic rings. The van der Waals surface area contributed by atoms with E-state index in [1.54, 1.807) is 41.5 Å². The number of anilines is 1. The van der Waals surface area contributed by atoms with Gasteiger partial charge in [0.2, 0.25) is 5.88 Å². The maximum Gasteiger partial charge on any atom is 0.261 e. The Labute approximate surface area is 133 Å². The van der Waals surface area contributed by atoms with Crippen molar-refractivity contribution in [3.8, 4) is 11.6 Å². The van der Waals surface area contributed by atoms with E-state index in [0.29, 0.717) is 23.7 Å². The fourth-order valence-corrected chi connectivity index (χ4v) is 2.05. The van der Waals surface area contributed by atoms with Gasteiger partial charge in [0.15, 0.2) is 0 Å². The summed E-state index contributed by atoms with van der Waals surface area (Å²) in [4.78, 5) is 20.3. The molecule has 3 rings (SSSR count). The lowest BCUT2D eigenvalue weighted by molar-refractivity contribution is 0.102. The van der Waals surface area contributed by atoms with Crippen LogP contribution < -0.4 is 10.1 Å². The van der Waals surface area contributed by atoms with Crippen molar-refractivity contribution in [2.24, 2.45) is 0 Å². The van der Waals surface area contributed by atoms with E-state index in [2.05, 4.69) is 20.4 Å². The van der Waals surface area contributed by atoms with Gasteiger partial charge in [0.1, 0.15) is 18.2 Å². The Morgan fingerprint density at radius 1 is 1.26 bits per heavy atom. The molecule has 0 fully saturated rings. The Kier molecular flexibility index (Phi) is 4.28. The largest absolute Gasteiger partial charge is 0.477 e. The van der Waals surface area contributed by atoms with Crippen molar-refractivity contribution in [2.75, 3.05) is 11.9 Å². The van der Waals surface area contributed by atoms with Crippen LogP contribution in [0.3, 0.4) is 0 Å². The zero-order chi connectivity index (χ0) is 16.1. The van der Waals surface area contributed by atoms with Crippen LogP contribution in [-0.4, -0.2) is 32.3 Å². The third kappa shape index (κ3) is 3.34. The van der Waals surface area contributed by atoms with Crippen LogP contribution in [0.5, 0.6) is 5.88 Å². The number of hydrogen-bond donors (Lipinski definition) is 1. The summed E-state index contributed by atoms with van der Waals surface area (Å²) in [6, 6.07) is 10.7. The first kappa shape index (κ1) is 14.7. The average molecular weight is 309 g/mol. The molecule has 0 atom stereocenters. The molecule has 1 amide bonds. The van der Waals surface area contributed by atoms with Crippen LogP contribution in [0.2, 0.25) is 0 Å². The molecule has 1 aromatic carbocycles. The quantitative estimate of drug-likeness (QED) is 0.782. The summed E-state index contributed by atoms with van der Waals surface area (Å²) in [5.74, 6) is 0.0572. The number of nitrogens with zero attached hydrogens (tertiary/aromatic N) is 4. The molecule has 0 spiro atoms. The van der Waals surface area contributed by atoms with Crippen LogP contribution >= 0.6 is 0 Å². The van der Waals surface area contributed by atoms with Crippen LogP contribution in [0.15, 0.2) is 55.2 Å². The van der Waals surface area contributed by atoms with Gasteiger partial charge < -0.3 is 10.1 Å². The molecule has 0 saturated carbocycles. The fourth-order valence-electron chi connectivity index (χ4n) is 2.05. The Bertz CT molecular complexity index is 784. The number of amides is 1. The second kappa shape index (κ2) is 6.69. The number of ether oxygens (including phenoxy) is 1. The first-order valence-corrected chi connectivity index (χ1v) is 7.12. The molecule has 116 valence electrons. The highest BCUT2D eigenvalue weighted by atomic mass is 16.5. The van der Waals surface area contributed by atoms with E-state index in [1.807, 2.05) is 19.1 Å². The van der Waals surface area contributed by atoms with E-state index >= 15 is 0 Å². The van der Waals surface area contributed by atoms with Crippen molar-refractivity contribution in [2.45, 2.75) is 6.92 Å². The lowest BCUT2D eigenvalue weighted by Gasteiger charge is -2.09. The van der Waals surface area contributed by atoms with Gasteiger partial charge in [-0.3, -0.25) is 4.79 Å². The van der Waals surface area contributed by atoms with Crippen molar-refractivity contribution in [3.05, 3.63) is 60.8 Å². The highest BCUT2D eigenvalue weighted by Gasteiger charge is 2.13. The van der Waals surface area contributed by atoms with Crippen LogP contribution in [0.25, 0.3) is 5.69 Å². The van der Waals surface area contributed by atoms with E-state index in [1.165, 1.54) is 6.33 Å². The van der Waals surface area contributed by atoms with E-state index in [4.69, 9.17) is 4.74 Å². The maximum atomic E-state index is 12.4. The second-order valence-corrected chi connectivity index (χ2v) is 4.63. The molecule has 1 N–H and O–H groups in total. The molecule has 0 bridgehead atoms. The van der Waals surface area contributed by atoms with Crippen molar-refractivity contribution in [1.82, 2.24) is 19.7 Å². The Morgan fingerprint density at radius 3 is 2.78 bits per heavy atom. The van der Waals surface area contributed by atoms with Gasteiger partial charge in [0.25, 0.3) is 5.91 Å². The minimum atomic E-state index is -0.268. The third-order valence-corrected chi connectivity index (χ3v) is 3.11. The van der Waals surface area contributed by atoms with Gasteiger partial charge in [-0.2, -0.15) is 5.10 Å². The SMILES string of the molecule is CCOc1ncccc1C(=O)Nc1ccc(-n2cncn2)cc1. The number of hydrogen-bond acceptors (Lipinski definition) is 5. The molecule has 0 unspecified atom stereocenters. The average Bonchev–Trinajstić information content (AvgIpc) is 3.11. The molecule has 0 aliphatic heterocycles. The van der Waals surface area contributed by atoms with Crippen LogP contribution in [0.1, 0.15) is 17.3 Å².